The van der Waals surface area contributed by atoms with Crippen LogP contribution >= 0.6 is 0 Å². The number of nitrogens with zero attached hydrogens (tertiary/aromatic N) is 1. The molecule has 1 aromatic heterocycles. The zero-order valence-corrected chi connectivity index (χ0v) is 16.6. The zero-order chi connectivity index (χ0) is 21.0. The standard InChI is InChI=1S/C19H21FN2O6S/c1-2-22(11-13-4-3-5-14(20)10-13)17(23)12-27-19(24)16-8-9-18(28-16)29(25,26)21-15-6-7-15/h3-5,8-10,15,21H,2,6-7,11-12H2,1H3. The van der Waals surface area contributed by atoms with Crippen LogP contribution in [0.3, 0.4) is 0 Å². The summed E-state index contributed by atoms with van der Waals surface area (Å²) in [5, 5.41) is -0.385. The summed E-state index contributed by atoms with van der Waals surface area (Å²) in [7, 11) is -3.83. The second-order valence-corrected chi connectivity index (χ2v) is 8.27. The predicted molar refractivity (Wildman–Crippen MR) is 99.8 cm³/mol. The van der Waals surface area contributed by atoms with Crippen molar-refractivity contribution in [1.29, 1.82) is 0 Å². The van der Waals surface area contributed by atoms with Gasteiger partial charge >= 0.3 is 5.97 Å². The Labute approximate surface area is 167 Å². The zero-order valence-electron chi connectivity index (χ0n) is 15.8. The summed E-state index contributed by atoms with van der Waals surface area (Å²) in [6.45, 7) is 1.70. The van der Waals surface area contributed by atoms with Gasteiger partial charge in [0.05, 0.1) is 0 Å². The molecule has 156 valence electrons. The molecule has 1 aromatic carbocycles. The first kappa shape index (κ1) is 21.0. The summed E-state index contributed by atoms with van der Waals surface area (Å²) in [6, 6.07) is 8.10. The van der Waals surface area contributed by atoms with E-state index >= 15 is 0 Å². The van der Waals surface area contributed by atoms with Crippen LogP contribution in [0.25, 0.3) is 0 Å². The normalized spacial score (nSPS) is 13.9. The lowest BCUT2D eigenvalue weighted by molar-refractivity contribution is -0.135. The largest absolute Gasteiger partial charge is 0.450 e. The number of nitrogens with one attached hydrogen (secondary N) is 1. The molecule has 1 aliphatic carbocycles. The molecule has 0 unspecified atom stereocenters. The molecule has 0 aliphatic heterocycles. The number of furan rings is 1. The highest BCUT2D eigenvalue weighted by Gasteiger charge is 2.30. The van der Waals surface area contributed by atoms with E-state index in [1.54, 1.807) is 19.1 Å². The Morgan fingerprint density at radius 3 is 2.69 bits per heavy atom. The van der Waals surface area contributed by atoms with Crippen LogP contribution in [0, 0.1) is 5.82 Å². The van der Waals surface area contributed by atoms with Gasteiger partial charge in [-0.15, -0.1) is 0 Å². The smallest absolute Gasteiger partial charge is 0.374 e. The summed E-state index contributed by atoms with van der Waals surface area (Å²) < 4.78 is 49.9. The predicted octanol–water partition coefficient (Wildman–Crippen LogP) is 2.06. The van der Waals surface area contributed by atoms with Crippen molar-refractivity contribution >= 4 is 21.9 Å². The number of hydrogen-bond acceptors (Lipinski definition) is 6. The number of ether oxygens (including phenoxy) is 1. The van der Waals surface area contributed by atoms with Crippen LogP contribution in [-0.4, -0.2) is 44.4 Å². The number of amides is 1. The molecular formula is C19H21FN2O6S. The maximum absolute atomic E-state index is 13.3. The second-order valence-electron chi connectivity index (χ2n) is 6.63. The molecule has 0 bridgehead atoms. The van der Waals surface area contributed by atoms with Gasteiger partial charge in [-0.3, -0.25) is 4.79 Å². The molecule has 1 N–H and O–H groups in total. The van der Waals surface area contributed by atoms with E-state index in [4.69, 9.17) is 9.15 Å². The number of carbonyl (C=O) groups is 2. The SMILES string of the molecule is CCN(Cc1cccc(F)c1)C(=O)COC(=O)c1ccc(S(=O)(=O)NC2CC2)o1. The van der Waals surface area contributed by atoms with Crippen LogP contribution < -0.4 is 4.72 Å². The van der Waals surface area contributed by atoms with Gasteiger partial charge in [0.15, 0.2) is 6.61 Å². The minimum Gasteiger partial charge on any atom is -0.450 e. The monoisotopic (exact) mass is 424 g/mol. The van der Waals surface area contributed by atoms with E-state index in [1.807, 2.05) is 0 Å². The number of hydrogen-bond donors (Lipinski definition) is 1. The maximum atomic E-state index is 13.3. The average molecular weight is 424 g/mol. The first-order chi connectivity index (χ1) is 13.8. The first-order valence-electron chi connectivity index (χ1n) is 9.10. The van der Waals surface area contributed by atoms with Crippen molar-refractivity contribution in [2.45, 2.75) is 37.4 Å². The number of esters is 1. The van der Waals surface area contributed by atoms with Crippen LogP contribution in [0.2, 0.25) is 0 Å². The molecule has 1 fully saturated rings. The van der Waals surface area contributed by atoms with Gasteiger partial charge in [-0.1, -0.05) is 12.1 Å². The summed E-state index contributed by atoms with van der Waals surface area (Å²) in [5.74, 6) is -2.15. The molecule has 2 aromatic rings. The second kappa shape index (κ2) is 8.75. The first-order valence-corrected chi connectivity index (χ1v) is 10.6. The Bertz CT molecular complexity index is 1000. The van der Waals surface area contributed by atoms with Crippen molar-refractivity contribution in [3.05, 3.63) is 53.5 Å². The molecule has 0 radical (unpaired) electrons. The quantitative estimate of drug-likeness (QED) is 0.618. The van der Waals surface area contributed by atoms with Gasteiger partial charge in [-0.2, -0.15) is 0 Å². The van der Waals surface area contributed by atoms with E-state index in [1.165, 1.54) is 23.1 Å². The lowest BCUT2D eigenvalue weighted by Crippen LogP contribution is -2.34. The van der Waals surface area contributed by atoms with Gasteiger partial charge < -0.3 is 14.1 Å². The Hall–Kier alpha value is -2.72. The molecule has 0 atom stereocenters. The lowest BCUT2D eigenvalue weighted by Gasteiger charge is -2.20. The Morgan fingerprint density at radius 1 is 1.28 bits per heavy atom. The van der Waals surface area contributed by atoms with Gasteiger partial charge in [0.1, 0.15) is 5.82 Å². The lowest BCUT2D eigenvalue weighted by atomic mass is 10.2. The summed E-state index contributed by atoms with van der Waals surface area (Å²) in [4.78, 5) is 25.8. The molecule has 8 nitrogen and oxygen atoms in total. The third-order valence-electron chi connectivity index (χ3n) is 4.27. The third kappa shape index (κ3) is 5.64. The topological polar surface area (TPSA) is 106 Å². The average Bonchev–Trinajstić information content (AvgIpc) is 3.32. The fraction of sp³-hybridized carbons (Fsp3) is 0.368. The van der Waals surface area contributed by atoms with Gasteiger partial charge in [0, 0.05) is 19.1 Å². The van der Waals surface area contributed by atoms with E-state index in [0.717, 1.165) is 18.9 Å². The highest BCUT2D eigenvalue weighted by atomic mass is 32.2. The minimum absolute atomic E-state index is 0.101. The molecule has 1 heterocycles. The molecule has 1 aliphatic rings. The number of likely N-dealkylation sites (N-methyl/N-ethyl adjacent to an activating group) is 1. The molecule has 3 rings (SSSR count). The Kier molecular flexibility index (Phi) is 6.33. The molecule has 0 saturated heterocycles. The van der Waals surface area contributed by atoms with Crippen LogP contribution in [-0.2, 0) is 26.1 Å². The highest BCUT2D eigenvalue weighted by molar-refractivity contribution is 7.89. The number of sulfonamides is 1. The van der Waals surface area contributed by atoms with E-state index in [0.29, 0.717) is 12.1 Å². The Balaban J connectivity index is 1.55. The van der Waals surface area contributed by atoms with E-state index in [9.17, 15) is 22.4 Å². The summed E-state index contributed by atoms with van der Waals surface area (Å²) in [5.41, 5.74) is 0.607. The van der Waals surface area contributed by atoms with Crippen LogP contribution in [0.15, 0.2) is 45.9 Å². The van der Waals surface area contributed by atoms with Crippen LogP contribution in [0.4, 0.5) is 4.39 Å². The van der Waals surface area contributed by atoms with E-state index in [2.05, 4.69) is 4.72 Å². The van der Waals surface area contributed by atoms with E-state index < -0.39 is 34.3 Å². The number of carbonyl (C=O) groups excluding carboxylic acids is 2. The number of rotatable bonds is 9. The van der Waals surface area contributed by atoms with Crippen molar-refractivity contribution in [2.75, 3.05) is 13.2 Å². The Morgan fingerprint density at radius 2 is 2.03 bits per heavy atom. The van der Waals surface area contributed by atoms with Gasteiger partial charge in [-0.05, 0) is 49.6 Å². The number of benzene rings is 1. The summed E-state index contributed by atoms with van der Waals surface area (Å²) >= 11 is 0. The van der Waals surface area contributed by atoms with Crippen molar-refractivity contribution in [2.24, 2.45) is 0 Å². The van der Waals surface area contributed by atoms with Crippen LogP contribution in [0.5, 0.6) is 0 Å². The van der Waals surface area contributed by atoms with Gasteiger partial charge in [-0.25, -0.2) is 22.3 Å². The molecule has 10 heteroatoms. The van der Waals surface area contributed by atoms with Crippen molar-refractivity contribution in [1.82, 2.24) is 9.62 Å². The summed E-state index contributed by atoms with van der Waals surface area (Å²) in [6.07, 6.45) is 1.53. The molecule has 1 amide bonds. The number of halogens is 1. The van der Waals surface area contributed by atoms with Crippen molar-refractivity contribution in [3.8, 4) is 0 Å². The fourth-order valence-corrected chi connectivity index (χ4v) is 3.81. The van der Waals surface area contributed by atoms with Crippen molar-refractivity contribution < 1.29 is 31.6 Å². The third-order valence-corrected chi connectivity index (χ3v) is 5.66. The van der Waals surface area contributed by atoms with E-state index in [-0.39, 0.29) is 23.4 Å². The van der Waals surface area contributed by atoms with Gasteiger partial charge in [0.25, 0.3) is 15.9 Å². The fourth-order valence-electron chi connectivity index (χ4n) is 2.57. The molecule has 1 saturated carbocycles. The highest BCUT2D eigenvalue weighted by Crippen LogP contribution is 2.23. The van der Waals surface area contributed by atoms with Gasteiger partial charge in [0.2, 0.25) is 10.9 Å². The maximum Gasteiger partial charge on any atom is 0.374 e. The van der Waals surface area contributed by atoms with Crippen LogP contribution in [0.1, 0.15) is 35.9 Å². The molecular weight excluding hydrogens is 403 g/mol. The molecule has 0 spiro atoms. The van der Waals surface area contributed by atoms with Crippen molar-refractivity contribution in [3.63, 3.8) is 0 Å². The minimum atomic E-state index is -3.83. The molecule has 29 heavy (non-hydrogen) atoms.